The zero-order chi connectivity index (χ0) is 16.7. The van der Waals surface area contributed by atoms with Gasteiger partial charge in [0.25, 0.3) is 0 Å². The molecule has 1 fully saturated rings. The third kappa shape index (κ3) is 5.33. The molecule has 0 amide bonds. The molecule has 0 aliphatic carbocycles. The first-order valence-corrected chi connectivity index (χ1v) is 6.85. The number of hydrogen-bond acceptors (Lipinski definition) is 8. The van der Waals surface area contributed by atoms with E-state index in [0.29, 0.717) is 6.42 Å². The van der Waals surface area contributed by atoms with Crippen molar-refractivity contribution < 1.29 is 33.3 Å². The molecule has 1 aliphatic heterocycles. The van der Waals surface area contributed by atoms with Gasteiger partial charge in [0.1, 0.15) is 12.7 Å². The Morgan fingerprint density at radius 1 is 1.00 bits per heavy atom. The molecule has 4 unspecified atom stereocenters. The number of carbonyl (C=O) groups is 3. The average molecular weight is 313 g/mol. The first-order chi connectivity index (χ1) is 10.3. The van der Waals surface area contributed by atoms with Gasteiger partial charge in [-0.2, -0.15) is 5.26 Å². The molecule has 1 rings (SSSR count). The number of nitrogens with zero attached hydrogens (tertiary/aromatic N) is 1. The van der Waals surface area contributed by atoms with E-state index in [0.717, 1.165) is 0 Å². The topological polar surface area (TPSA) is 112 Å². The molecule has 0 aromatic heterocycles. The van der Waals surface area contributed by atoms with E-state index >= 15 is 0 Å². The van der Waals surface area contributed by atoms with E-state index in [4.69, 9.17) is 24.2 Å². The van der Waals surface area contributed by atoms with E-state index in [1.54, 1.807) is 0 Å². The van der Waals surface area contributed by atoms with Crippen molar-refractivity contribution >= 4 is 17.9 Å². The van der Waals surface area contributed by atoms with Crippen LogP contribution in [0.2, 0.25) is 0 Å². The molecule has 8 heteroatoms. The predicted molar refractivity (Wildman–Crippen MR) is 71.2 cm³/mol. The number of esters is 3. The summed E-state index contributed by atoms with van der Waals surface area (Å²) in [7, 11) is 0. The fraction of sp³-hybridized carbons (Fsp3) is 0.714. The summed E-state index contributed by atoms with van der Waals surface area (Å²) in [6, 6.07) is 1.98. The average Bonchev–Trinajstić information content (AvgIpc) is 2.71. The monoisotopic (exact) mass is 313 g/mol. The highest BCUT2D eigenvalue weighted by Gasteiger charge is 2.49. The van der Waals surface area contributed by atoms with Gasteiger partial charge in [0, 0.05) is 27.2 Å². The van der Waals surface area contributed by atoms with Crippen LogP contribution >= 0.6 is 0 Å². The van der Waals surface area contributed by atoms with Gasteiger partial charge in [-0.3, -0.25) is 14.4 Å². The number of hydrogen-bond donors (Lipinski definition) is 0. The molecular formula is C14H19NO7. The van der Waals surface area contributed by atoms with E-state index in [1.165, 1.54) is 20.8 Å². The highest BCUT2D eigenvalue weighted by atomic mass is 16.6. The van der Waals surface area contributed by atoms with Gasteiger partial charge in [-0.25, -0.2) is 0 Å². The van der Waals surface area contributed by atoms with Crippen LogP contribution < -0.4 is 0 Å². The minimum atomic E-state index is -0.885. The van der Waals surface area contributed by atoms with Crippen LogP contribution in [0.3, 0.4) is 0 Å². The molecule has 1 saturated heterocycles. The van der Waals surface area contributed by atoms with Crippen molar-refractivity contribution in [2.75, 3.05) is 6.61 Å². The van der Waals surface area contributed by atoms with Gasteiger partial charge in [-0.05, 0) is 6.42 Å². The first kappa shape index (κ1) is 17.9. The van der Waals surface area contributed by atoms with Crippen LogP contribution in [0.25, 0.3) is 0 Å². The van der Waals surface area contributed by atoms with Crippen molar-refractivity contribution in [1.29, 1.82) is 5.26 Å². The summed E-state index contributed by atoms with van der Waals surface area (Å²) in [4.78, 5) is 33.4. The van der Waals surface area contributed by atoms with Gasteiger partial charge in [0.2, 0.25) is 0 Å². The van der Waals surface area contributed by atoms with Crippen LogP contribution in [0, 0.1) is 11.3 Å². The van der Waals surface area contributed by atoms with E-state index < -0.39 is 42.3 Å². The summed E-state index contributed by atoms with van der Waals surface area (Å²) in [6.45, 7) is 3.56. The Bertz CT molecular complexity index is 470. The number of ether oxygens (including phenoxy) is 4. The molecule has 0 aromatic carbocycles. The Labute approximate surface area is 128 Å². The molecule has 0 aromatic rings. The minimum absolute atomic E-state index is 0.131. The summed E-state index contributed by atoms with van der Waals surface area (Å²) in [5.41, 5.74) is 0. The highest BCUT2D eigenvalue weighted by molar-refractivity contribution is 5.68. The molecule has 1 heterocycles. The Morgan fingerprint density at radius 3 is 2.00 bits per heavy atom. The zero-order valence-corrected chi connectivity index (χ0v) is 12.7. The molecule has 4 atom stereocenters. The quantitative estimate of drug-likeness (QED) is 0.514. The van der Waals surface area contributed by atoms with E-state index in [-0.39, 0.29) is 13.0 Å². The molecule has 8 nitrogen and oxygen atoms in total. The second-order valence-electron chi connectivity index (χ2n) is 4.86. The standard InChI is InChI=1S/C14H19NO7/c1-8(16)19-7-12-14(21-10(3)18)13(20-9(2)17)11(22-12)5-4-6-15/h11-14H,4-5,7H2,1-3H3. The number of carbonyl (C=O) groups excluding carboxylic acids is 3. The second kappa shape index (κ2) is 8.34. The normalized spacial score (nSPS) is 26.8. The smallest absolute Gasteiger partial charge is 0.303 e. The lowest BCUT2D eigenvalue weighted by atomic mass is 10.0. The maximum Gasteiger partial charge on any atom is 0.303 e. The molecule has 0 bridgehead atoms. The van der Waals surface area contributed by atoms with Gasteiger partial charge >= 0.3 is 17.9 Å². The van der Waals surface area contributed by atoms with Crippen LogP contribution in [0.5, 0.6) is 0 Å². The number of nitriles is 1. The van der Waals surface area contributed by atoms with Gasteiger partial charge in [-0.15, -0.1) is 0 Å². The first-order valence-electron chi connectivity index (χ1n) is 6.85. The molecule has 1 aliphatic rings. The van der Waals surface area contributed by atoms with Crippen molar-refractivity contribution in [3.63, 3.8) is 0 Å². The molecular weight excluding hydrogens is 294 g/mol. The lowest BCUT2D eigenvalue weighted by molar-refractivity contribution is -0.165. The Balaban J connectivity index is 2.89. The van der Waals surface area contributed by atoms with Crippen LogP contribution in [0.4, 0.5) is 0 Å². The molecule has 0 saturated carbocycles. The third-order valence-electron chi connectivity index (χ3n) is 3.00. The van der Waals surface area contributed by atoms with E-state index in [9.17, 15) is 14.4 Å². The van der Waals surface area contributed by atoms with E-state index in [1.807, 2.05) is 6.07 Å². The molecule has 22 heavy (non-hydrogen) atoms. The second-order valence-corrected chi connectivity index (χ2v) is 4.86. The summed E-state index contributed by atoms with van der Waals surface area (Å²) in [6.07, 6.45) is -2.58. The van der Waals surface area contributed by atoms with Crippen LogP contribution in [-0.4, -0.2) is 48.9 Å². The van der Waals surface area contributed by atoms with Gasteiger partial charge in [-0.1, -0.05) is 0 Å². The van der Waals surface area contributed by atoms with Gasteiger partial charge in [0.15, 0.2) is 12.2 Å². The molecule has 0 spiro atoms. The minimum Gasteiger partial charge on any atom is -0.463 e. The number of rotatable bonds is 6. The predicted octanol–water partition coefficient (Wildman–Crippen LogP) is 0.484. The summed E-state index contributed by atoms with van der Waals surface area (Å²) in [5.74, 6) is -1.63. The van der Waals surface area contributed by atoms with Crippen LogP contribution in [0.1, 0.15) is 33.6 Å². The maximum absolute atomic E-state index is 11.3. The highest BCUT2D eigenvalue weighted by Crippen LogP contribution is 2.30. The van der Waals surface area contributed by atoms with Crippen molar-refractivity contribution in [3.05, 3.63) is 0 Å². The zero-order valence-electron chi connectivity index (χ0n) is 12.7. The lowest BCUT2D eigenvalue weighted by Crippen LogP contribution is -2.41. The summed E-state index contributed by atoms with van der Waals surface area (Å²) >= 11 is 0. The molecule has 122 valence electrons. The van der Waals surface area contributed by atoms with Gasteiger partial charge < -0.3 is 18.9 Å². The molecule has 0 N–H and O–H groups in total. The summed E-state index contributed by atoms with van der Waals surface area (Å²) in [5, 5.41) is 8.68. The van der Waals surface area contributed by atoms with Crippen molar-refractivity contribution in [2.45, 2.75) is 58.0 Å². The fourth-order valence-electron chi connectivity index (χ4n) is 2.24. The van der Waals surface area contributed by atoms with Crippen LogP contribution in [-0.2, 0) is 33.3 Å². The third-order valence-corrected chi connectivity index (χ3v) is 3.00. The van der Waals surface area contributed by atoms with Crippen molar-refractivity contribution in [2.24, 2.45) is 0 Å². The Morgan fingerprint density at radius 2 is 1.55 bits per heavy atom. The Kier molecular flexibility index (Phi) is 6.79. The largest absolute Gasteiger partial charge is 0.463 e. The van der Waals surface area contributed by atoms with Gasteiger partial charge in [0.05, 0.1) is 12.2 Å². The fourth-order valence-corrected chi connectivity index (χ4v) is 2.24. The van der Waals surface area contributed by atoms with Crippen molar-refractivity contribution in [1.82, 2.24) is 0 Å². The molecule has 0 radical (unpaired) electrons. The Hall–Kier alpha value is -2.14. The van der Waals surface area contributed by atoms with Crippen molar-refractivity contribution in [3.8, 4) is 6.07 Å². The van der Waals surface area contributed by atoms with E-state index in [2.05, 4.69) is 0 Å². The SMILES string of the molecule is CC(=O)OCC1OC(CCC#N)C(OC(C)=O)C1OC(C)=O. The summed E-state index contributed by atoms with van der Waals surface area (Å²) < 4.78 is 20.9. The lowest BCUT2D eigenvalue weighted by Gasteiger charge is -2.23. The maximum atomic E-state index is 11.3. The van der Waals surface area contributed by atoms with Crippen LogP contribution in [0.15, 0.2) is 0 Å².